The van der Waals surface area contributed by atoms with Crippen molar-refractivity contribution in [1.29, 1.82) is 0 Å². The minimum Gasteiger partial charge on any atom is -0.392 e. The minimum atomic E-state index is -0.453. The van der Waals surface area contributed by atoms with Gasteiger partial charge in [-0.2, -0.15) is 0 Å². The fourth-order valence-corrected chi connectivity index (χ4v) is 2.55. The highest BCUT2D eigenvalue weighted by atomic mass is 16.6. The first kappa shape index (κ1) is 8.73. The average Bonchev–Trinajstić information content (AvgIpc) is 2.16. The van der Waals surface area contributed by atoms with Crippen LogP contribution in [0.2, 0.25) is 0 Å². The van der Waals surface area contributed by atoms with Crippen molar-refractivity contribution in [1.82, 2.24) is 0 Å². The summed E-state index contributed by atoms with van der Waals surface area (Å²) in [5.41, 5.74) is -0.689. The molecule has 72 valence electrons. The highest BCUT2D eigenvalue weighted by Gasteiger charge is 2.63. The van der Waals surface area contributed by atoms with Crippen LogP contribution in [0.5, 0.6) is 0 Å². The molecule has 1 heterocycles. The maximum Gasteiger partial charge on any atom is 0.320 e. The van der Waals surface area contributed by atoms with E-state index in [9.17, 15) is 9.59 Å². The van der Waals surface area contributed by atoms with Crippen molar-refractivity contribution in [3.8, 4) is 0 Å². The van der Waals surface area contributed by atoms with Gasteiger partial charge >= 0.3 is 11.9 Å². The van der Waals surface area contributed by atoms with Crippen molar-refractivity contribution >= 4 is 11.9 Å². The standard InChI is InChI=1S/C10H14O3/c1-9(2)6-4-5-10(9,3)8(12)13-7(6)11/h6H,4-5H2,1-3H3/t6-,10?/m0/s1. The Bertz CT molecular complexity index is 293. The third-order valence-corrected chi connectivity index (χ3v) is 4.15. The fourth-order valence-electron chi connectivity index (χ4n) is 2.55. The average molecular weight is 182 g/mol. The number of carbonyl (C=O) groups excluding carboxylic acids is 2. The van der Waals surface area contributed by atoms with Crippen molar-refractivity contribution in [3.05, 3.63) is 0 Å². The molecule has 1 aliphatic heterocycles. The van der Waals surface area contributed by atoms with Gasteiger partial charge in [-0.15, -0.1) is 0 Å². The van der Waals surface area contributed by atoms with Crippen molar-refractivity contribution in [3.63, 3.8) is 0 Å². The maximum atomic E-state index is 11.6. The number of hydrogen-bond donors (Lipinski definition) is 0. The number of fused-ring (bicyclic) bond motifs is 2. The SMILES string of the molecule is CC12CC[C@@H](C(=O)OC1=O)C2(C)C. The topological polar surface area (TPSA) is 43.4 Å². The summed E-state index contributed by atoms with van der Waals surface area (Å²) < 4.78 is 4.73. The number of esters is 2. The number of rotatable bonds is 0. The first-order valence-corrected chi connectivity index (χ1v) is 4.66. The molecule has 3 nitrogen and oxygen atoms in total. The van der Waals surface area contributed by atoms with Crippen LogP contribution in [0.1, 0.15) is 33.6 Å². The van der Waals surface area contributed by atoms with E-state index < -0.39 is 5.41 Å². The molecule has 2 aliphatic rings. The summed E-state index contributed by atoms with van der Waals surface area (Å²) in [6.07, 6.45) is 1.56. The Morgan fingerprint density at radius 1 is 1.31 bits per heavy atom. The van der Waals surface area contributed by atoms with Crippen LogP contribution >= 0.6 is 0 Å². The van der Waals surface area contributed by atoms with Crippen molar-refractivity contribution in [2.75, 3.05) is 0 Å². The first-order valence-electron chi connectivity index (χ1n) is 4.66. The van der Waals surface area contributed by atoms with Crippen molar-refractivity contribution in [2.45, 2.75) is 33.6 Å². The molecule has 2 atom stereocenters. The highest BCUT2D eigenvalue weighted by molar-refractivity contribution is 5.95. The molecule has 1 unspecified atom stereocenters. The third kappa shape index (κ3) is 0.798. The number of carbonyl (C=O) groups is 2. The van der Waals surface area contributed by atoms with E-state index in [1.165, 1.54) is 0 Å². The Balaban J connectivity index is 2.51. The molecule has 1 saturated heterocycles. The first-order chi connectivity index (χ1) is 5.89. The van der Waals surface area contributed by atoms with Gasteiger partial charge in [0.2, 0.25) is 0 Å². The molecule has 2 bridgehead atoms. The van der Waals surface area contributed by atoms with E-state index in [0.29, 0.717) is 0 Å². The number of hydrogen-bond acceptors (Lipinski definition) is 3. The molecule has 13 heavy (non-hydrogen) atoms. The van der Waals surface area contributed by atoms with Crippen LogP contribution in [-0.4, -0.2) is 11.9 Å². The van der Waals surface area contributed by atoms with Gasteiger partial charge in [-0.25, -0.2) is 0 Å². The summed E-state index contributed by atoms with van der Waals surface area (Å²) in [6, 6.07) is 0. The Kier molecular flexibility index (Phi) is 1.44. The molecule has 0 N–H and O–H groups in total. The molecule has 2 fully saturated rings. The largest absolute Gasteiger partial charge is 0.392 e. The second kappa shape index (κ2) is 2.14. The molecule has 0 spiro atoms. The number of ether oxygens (including phenoxy) is 1. The molecule has 0 amide bonds. The molecule has 0 aromatic heterocycles. The summed E-state index contributed by atoms with van der Waals surface area (Å²) in [4.78, 5) is 22.9. The van der Waals surface area contributed by atoms with Crippen LogP contribution in [0.25, 0.3) is 0 Å². The predicted molar refractivity (Wildman–Crippen MR) is 45.7 cm³/mol. The Hall–Kier alpha value is -0.860. The monoisotopic (exact) mass is 182 g/mol. The summed E-state index contributed by atoms with van der Waals surface area (Å²) in [5.74, 6) is -0.753. The van der Waals surface area contributed by atoms with Gasteiger partial charge in [0.1, 0.15) is 0 Å². The van der Waals surface area contributed by atoms with E-state index in [4.69, 9.17) is 4.74 Å². The summed E-state index contributed by atoms with van der Waals surface area (Å²) >= 11 is 0. The van der Waals surface area contributed by atoms with E-state index in [-0.39, 0.29) is 23.3 Å². The van der Waals surface area contributed by atoms with Gasteiger partial charge in [0.25, 0.3) is 0 Å². The van der Waals surface area contributed by atoms with Gasteiger partial charge in [0, 0.05) is 0 Å². The lowest BCUT2D eigenvalue weighted by molar-refractivity contribution is -0.185. The lowest BCUT2D eigenvalue weighted by Gasteiger charge is -2.41. The molecule has 0 radical (unpaired) electrons. The van der Waals surface area contributed by atoms with Gasteiger partial charge in [-0.3, -0.25) is 9.59 Å². The quantitative estimate of drug-likeness (QED) is 0.421. The number of cyclic esters (lactones) is 2. The molecular formula is C10H14O3. The van der Waals surface area contributed by atoms with E-state index in [1.54, 1.807) is 0 Å². The molecule has 1 saturated carbocycles. The molecule has 1 aliphatic carbocycles. The van der Waals surface area contributed by atoms with Gasteiger partial charge in [0.05, 0.1) is 11.3 Å². The van der Waals surface area contributed by atoms with Crippen LogP contribution in [0, 0.1) is 16.7 Å². The predicted octanol–water partition coefficient (Wildman–Crippen LogP) is 1.51. The summed E-state index contributed by atoms with van der Waals surface area (Å²) in [5, 5.41) is 0. The lowest BCUT2D eigenvalue weighted by Crippen LogP contribution is -2.49. The molecule has 0 aromatic carbocycles. The van der Waals surface area contributed by atoms with Gasteiger partial charge in [0.15, 0.2) is 0 Å². The summed E-state index contributed by atoms with van der Waals surface area (Å²) in [7, 11) is 0. The van der Waals surface area contributed by atoms with E-state index in [0.717, 1.165) is 12.8 Å². The molecule has 2 rings (SSSR count). The summed E-state index contributed by atoms with van der Waals surface area (Å²) in [6.45, 7) is 5.88. The van der Waals surface area contributed by atoms with Crippen molar-refractivity contribution in [2.24, 2.45) is 16.7 Å². The van der Waals surface area contributed by atoms with Gasteiger partial charge in [-0.1, -0.05) is 13.8 Å². The van der Waals surface area contributed by atoms with E-state index >= 15 is 0 Å². The normalized spacial score (nSPS) is 41.9. The van der Waals surface area contributed by atoms with Crippen LogP contribution in [0.4, 0.5) is 0 Å². The Morgan fingerprint density at radius 2 is 1.92 bits per heavy atom. The second-order valence-corrected chi connectivity index (χ2v) is 4.85. The maximum absolute atomic E-state index is 11.6. The Labute approximate surface area is 77.4 Å². The van der Waals surface area contributed by atoms with E-state index in [2.05, 4.69) is 0 Å². The van der Waals surface area contributed by atoms with E-state index in [1.807, 2.05) is 20.8 Å². The molecular weight excluding hydrogens is 168 g/mol. The van der Waals surface area contributed by atoms with Crippen LogP contribution in [0.15, 0.2) is 0 Å². The smallest absolute Gasteiger partial charge is 0.320 e. The van der Waals surface area contributed by atoms with Crippen LogP contribution in [0.3, 0.4) is 0 Å². The van der Waals surface area contributed by atoms with Crippen LogP contribution in [-0.2, 0) is 14.3 Å². The van der Waals surface area contributed by atoms with Crippen molar-refractivity contribution < 1.29 is 14.3 Å². The third-order valence-electron chi connectivity index (χ3n) is 4.15. The second-order valence-electron chi connectivity index (χ2n) is 4.85. The fraction of sp³-hybridized carbons (Fsp3) is 0.800. The zero-order chi connectivity index (χ0) is 9.85. The Morgan fingerprint density at radius 3 is 2.54 bits per heavy atom. The molecule has 3 heteroatoms. The van der Waals surface area contributed by atoms with Gasteiger partial charge < -0.3 is 4.74 Å². The molecule has 0 aromatic rings. The minimum absolute atomic E-state index is 0.0878. The zero-order valence-corrected chi connectivity index (χ0v) is 8.22. The van der Waals surface area contributed by atoms with Gasteiger partial charge in [-0.05, 0) is 25.2 Å². The lowest BCUT2D eigenvalue weighted by atomic mass is 9.64. The highest BCUT2D eigenvalue weighted by Crippen LogP contribution is 2.59. The van der Waals surface area contributed by atoms with Crippen LogP contribution < -0.4 is 0 Å². The zero-order valence-electron chi connectivity index (χ0n) is 8.22.